The van der Waals surface area contributed by atoms with E-state index in [1.165, 1.54) is 11.1 Å². The average molecular weight is 479 g/mol. The number of hydrogen-bond acceptors (Lipinski definition) is 5. The van der Waals surface area contributed by atoms with Crippen molar-refractivity contribution in [1.82, 2.24) is 10.2 Å². The molecule has 5 rings (SSSR count). The number of carbonyl (C=O) groups is 3. The van der Waals surface area contributed by atoms with Gasteiger partial charge in [-0.2, -0.15) is 0 Å². The number of rotatable bonds is 7. The van der Waals surface area contributed by atoms with Gasteiger partial charge in [0, 0.05) is 25.0 Å². The molecular weight excluding hydrogens is 448 g/mol. The maximum atomic E-state index is 13.1. The molecule has 2 unspecified atom stereocenters. The fourth-order valence-corrected chi connectivity index (χ4v) is 5.54. The van der Waals surface area contributed by atoms with Crippen LogP contribution in [-0.2, 0) is 19.1 Å². The molecule has 1 aliphatic heterocycles. The molecule has 2 amide bonds. The summed E-state index contributed by atoms with van der Waals surface area (Å²) < 4.78 is 10.9. The lowest BCUT2D eigenvalue weighted by Gasteiger charge is -2.42. The van der Waals surface area contributed by atoms with Gasteiger partial charge in [-0.3, -0.25) is 4.79 Å². The molecule has 2 aromatic carbocycles. The molecule has 8 heteroatoms. The highest BCUT2D eigenvalue weighted by Crippen LogP contribution is 2.44. The second kappa shape index (κ2) is 10.1. The van der Waals surface area contributed by atoms with Crippen LogP contribution in [-0.4, -0.2) is 66.4 Å². The lowest BCUT2D eigenvalue weighted by Crippen LogP contribution is -2.59. The highest BCUT2D eigenvalue weighted by Gasteiger charge is 2.40. The van der Waals surface area contributed by atoms with Crippen LogP contribution in [0.5, 0.6) is 0 Å². The SMILES string of the molecule is O=C(O)COC1CN(C(=O)C2CCCCC2NC(=O)OCC2c3ccccc3-c3ccccc32)C1. The van der Waals surface area contributed by atoms with Crippen molar-refractivity contribution in [1.29, 1.82) is 0 Å². The summed E-state index contributed by atoms with van der Waals surface area (Å²) >= 11 is 0. The molecule has 2 aliphatic carbocycles. The van der Waals surface area contributed by atoms with Crippen molar-refractivity contribution in [3.05, 3.63) is 59.7 Å². The van der Waals surface area contributed by atoms with Gasteiger partial charge in [-0.25, -0.2) is 9.59 Å². The summed E-state index contributed by atoms with van der Waals surface area (Å²) in [5.41, 5.74) is 4.67. The molecule has 1 heterocycles. The number of nitrogens with zero attached hydrogens (tertiary/aromatic N) is 1. The number of carboxylic acid groups (broad SMARTS) is 1. The Balaban J connectivity index is 1.17. The first-order chi connectivity index (χ1) is 17.0. The predicted molar refractivity (Wildman–Crippen MR) is 128 cm³/mol. The van der Waals surface area contributed by atoms with Gasteiger partial charge in [0.25, 0.3) is 0 Å². The second-order valence-electron chi connectivity index (χ2n) is 9.54. The van der Waals surface area contributed by atoms with Crippen molar-refractivity contribution in [2.24, 2.45) is 5.92 Å². The molecule has 1 saturated carbocycles. The summed E-state index contributed by atoms with van der Waals surface area (Å²) in [7, 11) is 0. The molecule has 2 aromatic rings. The van der Waals surface area contributed by atoms with Gasteiger partial charge >= 0.3 is 12.1 Å². The van der Waals surface area contributed by atoms with Crippen LogP contribution in [0.15, 0.2) is 48.5 Å². The van der Waals surface area contributed by atoms with Crippen LogP contribution in [0.25, 0.3) is 11.1 Å². The molecule has 0 bridgehead atoms. The Bertz CT molecular complexity index is 1070. The number of amides is 2. The maximum absolute atomic E-state index is 13.1. The highest BCUT2D eigenvalue weighted by molar-refractivity contribution is 5.82. The van der Waals surface area contributed by atoms with E-state index in [0.29, 0.717) is 19.5 Å². The second-order valence-corrected chi connectivity index (χ2v) is 9.54. The lowest BCUT2D eigenvalue weighted by molar-refractivity contribution is -0.157. The van der Waals surface area contributed by atoms with Gasteiger partial charge in [0.2, 0.25) is 5.91 Å². The first-order valence-corrected chi connectivity index (χ1v) is 12.2. The molecule has 0 radical (unpaired) electrons. The van der Waals surface area contributed by atoms with E-state index in [2.05, 4.69) is 29.6 Å². The van der Waals surface area contributed by atoms with Gasteiger partial charge in [-0.1, -0.05) is 61.4 Å². The standard InChI is InChI=1S/C27H30N2O6/c30-25(31)16-34-17-13-29(14-17)26(32)22-11-5-6-12-24(22)28-27(33)35-15-23-20-9-3-1-7-18(20)19-8-2-4-10-21(19)23/h1-4,7-10,17,22-24H,5-6,11-16H2,(H,28,33)(H,30,31). The van der Waals surface area contributed by atoms with Crippen molar-refractivity contribution >= 4 is 18.0 Å². The molecule has 3 aliphatic rings. The fourth-order valence-electron chi connectivity index (χ4n) is 5.54. The number of hydrogen-bond donors (Lipinski definition) is 2. The van der Waals surface area contributed by atoms with Gasteiger partial charge in [0.15, 0.2) is 0 Å². The van der Waals surface area contributed by atoms with E-state index in [9.17, 15) is 14.4 Å². The van der Waals surface area contributed by atoms with E-state index in [-0.39, 0.29) is 43.1 Å². The summed E-state index contributed by atoms with van der Waals surface area (Å²) in [5, 5.41) is 11.7. The Hall–Kier alpha value is -3.39. The number of fused-ring (bicyclic) bond motifs is 3. The maximum Gasteiger partial charge on any atom is 0.407 e. The molecular formula is C27H30N2O6. The number of carboxylic acids is 1. The normalized spacial score (nSPS) is 21.5. The Morgan fingerprint density at radius 1 is 0.943 bits per heavy atom. The topological polar surface area (TPSA) is 105 Å². The van der Waals surface area contributed by atoms with Crippen LogP contribution < -0.4 is 5.32 Å². The van der Waals surface area contributed by atoms with Crippen molar-refractivity contribution in [2.75, 3.05) is 26.3 Å². The van der Waals surface area contributed by atoms with Crippen molar-refractivity contribution in [3.63, 3.8) is 0 Å². The number of alkyl carbamates (subject to hydrolysis) is 1. The van der Waals surface area contributed by atoms with Crippen molar-refractivity contribution in [2.45, 2.75) is 43.7 Å². The smallest absolute Gasteiger partial charge is 0.407 e. The van der Waals surface area contributed by atoms with E-state index < -0.39 is 12.1 Å². The zero-order chi connectivity index (χ0) is 24.4. The molecule has 2 N–H and O–H groups in total. The molecule has 2 atom stereocenters. The largest absolute Gasteiger partial charge is 0.480 e. The summed E-state index contributed by atoms with van der Waals surface area (Å²) in [5.74, 6) is -1.34. The molecule has 8 nitrogen and oxygen atoms in total. The van der Waals surface area contributed by atoms with Crippen molar-refractivity contribution < 1.29 is 29.0 Å². The van der Waals surface area contributed by atoms with Crippen LogP contribution >= 0.6 is 0 Å². The third kappa shape index (κ3) is 4.89. The quantitative estimate of drug-likeness (QED) is 0.632. The minimum absolute atomic E-state index is 0.0103. The van der Waals surface area contributed by atoms with Crippen LogP contribution in [0.1, 0.15) is 42.7 Å². The third-order valence-electron chi connectivity index (χ3n) is 7.33. The number of benzene rings is 2. The Kier molecular flexibility index (Phi) is 6.72. The van der Waals surface area contributed by atoms with E-state index in [0.717, 1.165) is 30.4 Å². The number of aliphatic carboxylic acids is 1. The lowest BCUT2D eigenvalue weighted by atomic mass is 9.83. The minimum Gasteiger partial charge on any atom is -0.480 e. The summed E-state index contributed by atoms with van der Waals surface area (Å²) in [6, 6.07) is 16.1. The first kappa shape index (κ1) is 23.4. The summed E-state index contributed by atoms with van der Waals surface area (Å²) in [4.78, 5) is 38.2. The third-order valence-corrected chi connectivity index (χ3v) is 7.33. The first-order valence-electron chi connectivity index (χ1n) is 12.2. The zero-order valence-electron chi connectivity index (χ0n) is 19.5. The predicted octanol–water partition coefficient (Wildman–Crippen LogP) is 3.40. The Labute approximate surface area is 204 Å². The number of nitrogens with one attached hydrogen (secondary N) is 1. The van der Waals surface area contributed by atoms with Gasteiger partial charge in [0.05, 0.1) is 12.0 Å². The highest BCUT2D eigenvalue weighted by atomic mass is 16.5. The number of ether oxygens (including phenoxy) is 2. The summed E-state index contributed by atoms with van der Waals surface area (Å²) in [6.07, 6.45) is 2.58. The minimum atomic E-state index is -1.02. The Morgan fingerprint density at radius 2 is 1.57 bits per heavy atom. The van der Waals surface area contributed by atoms with Crippen LogP contribution in [0.4, 0.5) is 4.79 Å². The van der Waals surface area contributed by atoms with Gasteiger partial charge in [0.1, 0.15) is 13.2 Å². The average Bonchev–Trinajstić information content (AvgIpc) is 3.15. The van der Waals surface area contributed by atoms with E-state index >= 15 is 0 Å². The Morgan fingerprint density at radius 3 is 2.23 bits per heavy atom. The number of likely N-dealkylation sites (tertiary alicyclic amines) is 1. The summed E-state index contributed by atoms with van der Waals surface area (Å²) in [6.45, 7) is 0.655. The van der Waals surface area contributed by atoms with Crippen molar-refractivity contribution in [3.8, 4) is 11.1 Å². The number of carbonyl (C=O) groups excluding carboxylic acids is 2. The van der Waals surface area contributed by atoms with Gasteiger partial charge < -0.3 is 24.8 Å². The molecule has 1 saturated heterocycles. The van der Waals surface area contributed by atoms with Gasteiger partial charge in [-0.05, 0) is 35.1 Å². The van der Waals surface area contributed by atoms with Crippen LogP contribution in [0, 0.1) is 5.92 Å². The zero-order valence-corrected chi connectivity index (χ0v) is 19.5. The molecule has 184 valence electrons. The van der Waals surface area contributed by atoms with Crippen LogP contribution in [0.2, 0.25) is 0 Å². The molecule has 35 heavy (non-hydrogen) atoms. The van der Waals surface area contributed by atoms with E-state index in [4.69, 9.17) is 14.6 Å². The molecule has 0 spiro atoms. The molecule has 2 fully saturated rings. The van der Waals surface area contributed by atoms with E-state index in [1.54, 1.807) is 4.90 Å². The molecule has 0 aromatic heterocycles. The van der Waals surface area contributed by atoms with E-state index in [1.807, 2.05) is 24.3 Å². The van der Waals surface area contributed by atoms with Crippen LogP contribution in [0.3, 0.4) is 0 Å². The monoisotopic (exact) mass is 478 g/mol. The fraction of sp³-hybridized carbons (Fsp3) is 0.444. The van der Waals surface area contributed by atoms with Gasteiger partial charge in [-0.15, -0.1) is 0 Å².